The second-order valence-electron chi connectivity index (χ2n) is 5.52. The predicted octanol–water partition coefficient (Wildman–Crippen LogP) is 5.66. The van der Waals surface area contributed by atoms with Crippen molar-refractivity contribution in [1.82, 2.24) is 14.8 Å². The molecule has 0 fully saturated rings. The molecule has 0 spiro atoms. The fraction of sp³-hybridized carbons (Fsp3) is 0.167. The number of aromatic nitrogens is 3. The Morgan fingerprint density at radius 3 is 2.48 bits per heavy atom. The van der Waals surface area contributed by atoms with E-state index >= 15 is 0 Å². The van der Waals surface area contributed by atoms with Gasteiger partial charge in [0.25, 0.3) is 0 Å². The van der Waals surface area contributed by atoms with E-state index in [0.717, 1.165) is 5.56 Å². The van der Waals surface area contributed by atoms with E-state index in [9.17, 15) is 4.79 Å². The van der Waals surface area contributed by atoms with Gasteiger partial charge in [0.2, 0.25) is 5.91 Å². The average molecular weight is 442 g/mol. The van der Waals surface area contributed by atoms with Gasteiger partial charge in [-0.15, -0.1) is 10.2 Å². The quantitative estimate of drug-likeness (QED) is 0.502. The van der Waals surface area contributed by atoms with Crippen LogP contribution < -0.4 is 5.32 Å². The van der Waals surface area contributed by atoms with E-state index in [0.29, 0.717) is 38.3 Å². The standard InChI is InChI=1S/C18H15Cl3N4OS/c1-2-25-17(11-3-8-14(20)15(21)9-11)23-24-18(25)27-10-16(26)22-13-6-4-12(19)5-7-13/h3-9H,2,10H2,1H3,(H,22,26). The molecule has 3 rings (SSSR count). The summed E-state index contributed by atoms with van der Waals surface area (Å²) < 4.78 is 1.93. The number of halogens is 3. The van der Waals surface area contributed by atoms with Crippen LogP contribution in [0.4, 0.5) is 5.69 Å². The first kappa shape index (κ1) is 20.0. The monoisotopic (exact) mass is 440 g/mol. The van der Waals surface area contributed by atoms with Gasteiger partial charge in [0, 0.05) is 22.8 Å². The van der Waals surface area contributed by atoms with Gasteiger partial charge in [-0.05, 0) is 49.4 Å². The Balaban J connectivity index is 1.70. The molecular weight excluding hydrogens is 427 g/mol. The van der Waals surface area contributed by atoms with Gasteiger partial charge in [0.15, 0.2) is 11.0 Å². The number of carbonyl (C=O) groups is 1. The van der Waals surface area contributed by atoms with E-state index in [1.54, 1.807) is 36.4 Å². The maximum Gasteiger partial charge on any atom is 0.234 e. The highest BCUT2D eigenvalue weighted by atomic mass is 35.5. The number of carbonyl (C=O) groups excluding carboxylic acids is 1. The largest absolute Gasteiger partial charge is 0.325 e. The lowest BCUT2D eigenvalue weighted by molar-refractivity contribution is -0.113. The third-order valence-electron chi connectivity index (χ3n) is 3.67. The van der Waals surface area contributed by atoms with Crippen LogP contribution in [-0.4, -0.2) is 26.4 Å². The Bertz CT molecular complexity index is 960. The molecule has 3 aromatic rings. The third kappa shape index (κ3) is 4.96. The molecule has 0 atom stereocenters. The molecule has 0 radical (unpaired) electrons. The molecule has 0 saturated heterocycles. The van der Waals surface area contributed by atoms with E-state index < -0.39 is 0 Å². The molecule has 1 amide bonds. The van der Waals surface area contributed by atoms with Crippen molar-refractivity contribution in [2.75, 3.05) is 11.1 Å². The normalized spacial score (nSPS) is 10.8. The zero-order valence-corrected chi connectivity index (χ0v) is 17.3. The first-order chi connectivity index (χ1) is 13.0. The van der Waals surface area contributed by atoms with Gasteiger partial charge in [-0.3, -0.25) is 4.79 Å². The number of hydrogen-bond acceptors (Lipinski definition) is 4. The molecule has 0 unspecified atom stereocenters. The summed E-state index contributed by atoms with van der Waals surface area (Å²) in [7, 11) is 0. The van der Waals surface area contributed by atoms with Crippen LogP contribution >= 0.6 is 46.6 Å². The van der Waals surface area contributed by atoms with Crippen LogP contribution in [0.25, 0.3) is 11.4 Å². The topological polar surface area (TPSA) is 59.8 Å². The number of amides is 1. The smallest absolute Gasteiger partial charge is 0.234 e. The lowest BCUT2D eigenvalue weighted by Gasteiger charge is -2.08. The minimum absolute atomic E-state index is 0.135. The summed E-state index contributed by atoms with van der Waals surface area (Å²) in [5.74, 6) is 0.753. The summed E-state index contributed by atoms with van der Waals surface area (Å²) in [4.78, 5) is 12.2. The Labute approximate surface area is 176 Å². The Morgan fingerprint density at radius 1 is 1.07 bits per heavy atom. The van der Waals surface area contributed by atoms with E-state index in [1.807, 2.05) is 17.6 Å². The second kappa shape index (κ2) is 8.97. The van der Waals surface area contributed by atoms with Crippen LogP contribution in [0.1, 0.15) is 6.92 Å². The van der Waals surface area contributed by atoms with Gasteiger partial charge in [0.05, 0.1) is 15.8 Å². The van der Waals surface area contributed by atoms with Gasteiger partial charge in [-0.2, -0.15) is 0 Å². The molecule has 1 N–H and O–H groups in total. The molecule has 1 heterocycles. The Morgan fingerprint density at radius 2 is 1.81 bits per heavy atom. The summed E-state index contributed by atoms with van der Waals surface area (Å²) >= 11 is 19.2. The lowest BCUT2D eigenvalue weighted by Crippen LogP contribution is -2.14. The fourth-order valence-corrected chi connectivity index (χ4v) is 3.62. The first-order valence-electron chi connectivity index (χ1n) is 8.04. The number of benzene rings is 2. The molecule has 9 heteroatoms. The molecule has 5 nitrogen and oxygen atoms in total. The Hall–Kier alpha value is -1.73. The van der Waals surface area contributed by atoms with Crippen molar-refractivity contribution in [1.29, 1.82) is 0 Å². The maximum atomic E-state index is 12.2. The van der Waals surface area contributed by atoms with E-state index in [4.69, 9.17) is 34.8 Å². The van der Waals surface area contributed by atoms with Gasteiger partial charge >= 0.3 is 0 Å². The Kier molecular flexibility index (Phi) is 6.65. The minimum Gasteiger partial charge on any atom is -0.325 e. The molecule has 0 aliphatic heterocycles. The molecule has 27 heavy (non-hydrogen) atoms. The van der Waals surface area contributed by atoms with Gasteiger partial charge in [0.1, 0.15) is 0 Å². The number of hydrogen-bond donors (Lipinski definition) is 1. The number of anilines is 1. The van der Waals surface area contributed by atoms with E-state index in [2.05, 4.69) is 15.5 Å². The number of thioether (sulfide) groups is 1. The predicted molar refractivity (Wildman–Crippen MR) is 112 cm³/mol. The minimum atomic E-state index is -0.135. The van der Waals surface area contributed by atoms with E-state index in [-0.39, 0.29) is 11.7 Å². The molecular formula is C18H15Cl3N4OS. The van der Waals surface area contributed by atoms with Crippen LogP contribution in [0.2, 0.25) is 15.1 Å². The summed E-state index contributed by atoms with van der Waals surface area (Å²) in [6, 6.07) is 12.3. The van der Waals surface area contributed by atoms with Crippen molar-refractivity contribution in [2.24, 2.45) is 0 Å². The molecule has 0 bridgehead atoms. The van der Waals surface area contributed by atoms with Crippen LogP contribution in [0.15, 0.2) is 47.6 Å². The maximum absolute atomic E-state index is 12.2. The summed E-state index contributed by atoms with van der Waals surface area (Å²) in [6.07, 6.45) is 0. The van der Waals surface area contributed by atoms with Crippen LogP contribution in [-0.2, 0) is 11.3 Å². The highest BCUT2D eigenvalue weighted by Crippen LogP contribution is 2.29. The van der Waals surface area contributed by atoms with Crippen molar-refractivity contribution in [3.63, 3.8) is 0 Å². The van der Waals surface area contributed by atoms with Crippen LogP contribution in [0, 0.1) is 0 Å². The van der Waals surface area contributed by atoms with Crippen LogP contribution in [0.5, 0.6) is 0 Å². The van der Waals surface area contributed by atoms with Gasteiger partial charge in [-0.1, -0.05) is 46.6 Å². The fourth-order valence-electron chi connectivity index (χ4n) is 2.39. The average Bonchev–Trinajstić information content (AvgIpc) is 3.07. The third-order valence-corrected chi connectivity index (χ3v) is 5.63. The zero-order chi connectivity index (χ0) is 19.4. The molecule has 0 saturated carbocycles. The van der Waals surface area contributed by atoms with Crippen LogP contribution in [0.3, 0.4) is 0 Å². The second-order valence-corrected chi connectivity index (χ2v) is 7.72. The number of nitrogens with zero attached hydrogens (tertiary/aromatic N) is 3. The molecule has 0 aliphatic rings. The lowest BCUT2D eigenvalue weighted by atomic mass is 10.2. The molecule has 0 aliphatic carbocycles. The molecule has 1 aromatic heterocycles. The van der Waals surface area contributed by atoms with Crippen molar-refractivity contribution in [2.45, 2.75) is 18.6 Å². The number of rotatable bonds is 6. The summed E-state index contributed by atoms with van der Waals surface area (Å²) in [5.41, 5.74) is 1.51. The SMILES string of the molecule is CCn1c(SCC(=O)Nc2ccc(Cl)cc2)nnc1-c1ccc(Cl)c(Cl)c1. The molecule has 2 aromatic carbocycles. The van der Waals surface area contributed by atoms with Crippen molar-refractivity contribution in [3.8, 4) is 11.4 Å². The van der Waals surface area contributed by atoms with E-state index in [1.165, 1.54) is 11.8 Å². The first-order valence-corrected chi connectivity index (χ1v) is 10.2. The summed E-state index contributed by atoms with van der Waals surface area (Å²) in [6.45, 7) is 2.64. The molecule has 140 valence electrons. The number of nitrogens with one attached hydrogen (secondary N) is 1. The van der Waals surface area contributed by atoms with Crippen molar-refractivity contribution < 1.29 is 4.79 Å². The highest BCUT2D eigenvalue weighted by Gasteiger charge is 2.15. The van der Waals surface area contributed by atoms with Crippen molar-refractivity contribution in [3.05, 3.63) is 57.5 Å². The summed E-state index contributed by atoms with van der Waals surface area (Å²) in [5, 5.41) is 13.5. The van der Waals surface area contributed by atoms with Gasteiger partial charge in [-0.25, -0.2) is 0 Å². The zero-order valence-electron chi connectivity index (χ0n) is 14.2. The van der Waals surface area contributed by atoms with Crippen molar-refractivity contribution >= 4 is 58.2 Å². The highest BCUT2D eigenvalue weighted by molar-refractivity contribution is 7.99. The van der Waals surface area contributed by atoms with Gasteiger partial charge < -0.3 is 9.88 Å².